The highest BCUT2D eigenvalue weighted by Gasteiger charge is 2.10. The van der Waals surface area contributed by atoms with E-state index < -0.39 is 0 Å². The molecular formula is C14H13N3S. The molecule has 0 aliphatic rings. The van der Waals surface area contributed by atoms with Gasteiger partial charge in [0.25, 0.3) is 0 Å². The van der Waals surface area contributed by atoms with Crippen LogP contribution in [0.15, 0.2) is 41.8 Å². The van der Waals surface area contributed by atoms with Crippen molar-refractivity contribution in [3.05, 3.63) is 41.8 Å². The Labute approximate surface area is 110 Å². The second-order valence-electron chi connectivity index (χ2n) is 4.26. The minimum Gasteiger partial charge on any atom is -0.362 e. The number of hydrogen-bond acceptors (Lipinski definition) is 4. The summed E-state index contributed by atoms with van der Waals surface area (Å²) in [6.07, 6.45) is 0. The fourth-order valence-electron chi connectivity index (χ4n) is 1.92. The molecular weight excluding hydrogens is 242 g/mol. The van der Waals surface area contributed by atoms with Gasteiger partial charge in [-0.25, -0.2) is 9.97 Å². The summed E-state index contributed by atoms with van der Waals surface area (Å²) < 4.78 is 0. The maximum atomic E-state index is 4.67. The Morgan fingerprint density at radius 3 is 2.56 bits per heavy atom. The third-order valence-corrected chi connectivity index (χ3v) is 3.61. The van der Waals surface area contributed by atoms with Gasteiger partial charge in [-0.05, 0) is 23.6 Å². The topological polar surface area (TPSA) is 29.0 Å². The van der Waals surface area contributed by atoms with Gasteiger partial charge in [0, 0.05) is 19.5 Å². The third kappa shape index (κ3) is 1.84. The Kier molecular flexibility index (Phi) is 2.72. The van der Waals surface area contributed by atoms with Gasteiger partial charge in [-0.2, -0.15) is 0 Å². The fraction of sp³-hybridized carbons (Fsp3) is 0.143. The largest absolute Gasteiger partial charge is 0.362 e. The van der Waals surface area contributed by atoms with Crippen LogP contribution >= 0.6 is 11.3 Å². The first kappa shape index (κ1) is 11.2. The Morgan fingerprint density at radius 2 is 1.83 bits per heavy atom. The molecule has 0 saturated heterocycles. The van der Waals surface area contributed by atoms with Gasteiger partial charge in [-0.15, -0.1) is 11.3 Å². The molecule has 0 unspecified atom stereocenters. The highest BCUT2D eigenvalue weighted by Crippen LogP contribution is 2.28. The second-order valence-corrected chi connectivity index (χ2v) is 5.21. The summed E-state index contributed by atoms with van der Waals surface area (Å²) in [5.74, 6) is 1.76. The standard InChI is InChI=1S/C14H13N3S/c1-17(2)14-10-6-3-4-7-11(10)15-13(16-14)12-8-5-9-18-12/h3-9H,1-2H3. The minimum absolute atomic E-state index is 0.799. The van der Waals surface area contributed by atoms with Gasteiger partial charge in [0.05, 0.1) is 10.4 Å². The Bertz CT molecular complexity index is 675. The van der Waals surface area contributed by atoms with Crippen LogP contribution in [0.5, 0.6) is 0 Å². The molecule has 4 heteroatoms. The van der Waals surface area contributed by atoms with Gasteiger partial charge in [-0.1, -0.05) is 18.2 Å². The SMILES string of the molecule is CN(C)c1nc(-c2cccs2)nc2ccccc12. The molecule has 0 radical (unpaired) electrons. The van der Waals surface area contributed by atoms with Crippen molar-refractivity contribution in [2.45, 2.75) is 0 Å². The molecule has 0 fully saturated rings. The summed E-state index contributed by atoms with van der Waals surface area (Å²) in [5, 5.41) is 3.13. The highest BCUT2D eigenvalue weighted by atomic mass is 32.1. The Hall–Kier alpha value is -1.94. The van der Waals surface area contributed by atoms with E-state index in [0.29, 0.717) is 0 Å². The average Bonchev–Trinajstić information content (AvgIpc) is 2.91. The first-order valence-corrected chi connectivity index (χ1v) is 6.61. The van der Waals surface area contributed by atoms with Gasteiger partial charge in [-0.3, -0.25) is 0 Å². The lowest BCUT2D eigenvalue weighted by Crippen LogP contribution is -2.12. The van der Waals surface area contributed by atoms with Gasteiger partial charge < -0.3 is 4.90 Å². The molecule has 0 aliphatic heterocycles. The first-order chi connectivity index (χ1) is 8.75. The smallest absolute Gasteiger partial charge is 0.172 e. The summed E-state index contributed by atoms with van der Waals surface area (Å²) in [6.45, 7) is 0. The minimum atomic E-state index is 0.799. The van der Waals surface area contributed by atoms with Crippen LogP contribution in [0.2, 0.25) is 0 Å². The number of rotatable bonds is 2. The zero-order valence-electron chi connectivity index (χ0n) is 10.3. The molecule has 0 N–H and O–H groups in total. The molecule has 0 saturated carbocycles. The molecule has 0 aliphatic carbocycles. The van der Waals surface area contributed by atoms with E-state index in [9.17, 15) is 0 Å². The lowest BCUT2D eigenvalue weighted by molar-refractivity contribution is 1.07. The van der Waals surface area contributed by atoms with Gasteiger partial charge >= 0.3 is 0 Å². The van der Waals surface area contributed by atoms with E-state index in [1.807, 2.05) is 54.7 Å². The van der Waals surface area contributed by atoms with Crippen molar-refractivity contribution in [2.75, 3.05) is 19.0 Å². The molecule has 0 bridgehead atoms. The molecule has 2 heterocycles. The molecule has 3 nitrogen and oxygen atoms in total. The second kappa shape index (κ2) is 4.38. The molecule has 0 atom stereocenters. The number of benzene rings is 1. The molecule has 3 rings (SSSR count). The van der Waals surface area contributed by atoms with Crippen molar-refractivity contribution in [3.8, 4) is 10.7 Å². The molecule has 90 valence electrons. The first-order valence-electron chi connectivity index (χ1n) is 5.73. The van der Waals surface area contributed by atoms with Crippen molar-refractivity contribution in [3.63, 3.8) is 0 Å². The number of nitrogens with zero attached hydrogens (tertiary/aromatic N) is 3. The molecule has 3 aromatic rings. The molecule has 18 heavy (non-hydrogen) atoms. The summed E-state index contributed by atoms with van der Waals surface area (Å²) in [5.41, 5.74) is 0.986. The van der Waals surface area contributed by atoms with Crippen LogP contribution in [-0.2, 0) is 0 Å². The monoisotopic (exact) mass is 255 g/mol. The lowest BCUT2D eigenvalue weighted by Gasteiger charge is -2.14. The normalized spacial score (nSPS) is 10.8. The molecule has 2 aromatic heterocycles. The average molecular weight is 255 g/mol. The van der Waals surface area contributed by atoms with Crippen molar-refractivity contribution < 1.29 is 0 Å². The van der Waals surface area contributed by atoms with Crippen molar-refractivity contribution in [1.82, 2.24) is 9.97 Å². The molecule has 0 amide bonds. The zero-order valence-corrected chi connectivity index (χ0v) is 11.1. The van der Waals surface area contributed by atoms with Crippen molar-refractivity contribution in [2.24, 2.45) is 0 Å². The predicted molar refractivity (Wildman–Crippen MR) is 77.2 cm³/mol. The van der Waals surface area contributed by atoms with E-state index in [4.69, 9.17) is 0 Å². The summed E-state index contributed by atoms with van der Waals surface area (Å²) >= 11 is 1.66. The zero-order chi connectivity index (χ0) is 12.5. The molecule has 1 aromatic carbocycles. The van der Waals surface area contributed by atoms with Crippen LogP contribution in [0.25, 0.3) is 21.6 Å². The maximum Gasteiger partial charge on any atom is 0.172 e. The number of thiophene rings is 1. The quantitative estimate of drug-likeness (QED) is 0.702. The number of anilines is 1. The summed E-state index contributed by atoms with van der Waals surface area (Å²) in [4.78, 5) is 12.4. The third-order valence-electron chi connectivity index (χ3n) is 2.75. The lowest BCUT2D eigenvalue weighted by atomic mass is 10.2. The summed E-state index contributed by atoms with van der Waals surface area (Å²) in [6, 6.07) is 12.2. The Morgan fingerprint density at radius 1 is 1.00 bits per heavy atom. The van der Waals surface area contributed by atoms with Crippen molar-refractivity contribution in [1.29, 1.82) is 0 Å². The van der Waals surface area contributed by atoms with E-state index in [1.165, 1.54) is 0 Å². The van der Waals surface area contributed by atoms with Crippen LogP contribution in [-0.4, -0.2) is 24.1 Å². The summed E-state index contributed by atoms with van der Waals surface area (Å²) in [7, 11) is 4.01. The van der Waals surface area contributed by atoms with Crippen LogP contribution in [0.1, 0.15) is 0 Å². The Balaban J connectivity index is 2.30. The van der Waals surface area contributed by atoms with Gasteiger partial charge in [0.1, 0.15) is 5.82 Å². The van der Waals surface area contributed by atoms with Crippen LogP contribution < -0.4 is 4.90 Å². The van der Waals surface area contributed by atoms with E-state index in [1.54, 1.807) is 11.3 Å². The van der Waals surface area contributed by atoms with E-state index in [2.05, 4.69) is 16.0 Å². The predicted octanol–water partition coefficient (Wildman–Crippen LogP) is 3.42. The number of fused-ring (bicyclic) bond motifs is 1. The van der Waals surface area contributed by atoms with E-state index in [0.717, 1.165) is 27.4 Å². The number of aromatic nitrogens is 2. The molecule has 0 spiro atoms. The maximum absolute atomic E-state index is 4.67. The van der Waals surface area contributed by atoms with Crippen molar-refractivity contribution >= 4 is 28.1 Å². The highest BCUT2D eigenvalue weighted by molar-refractivity contribution is 7.13. The van der Waals surface area contributed by atoms with Crippen LogP contribution in [0.3, 0.4) is 0 Å². The van der Waals surface area contributed by atoms with Gasteiger partial charge in [0.15, 0.2) is 5.82 Å². The fourth-order valence-corrected chi connectivity index (χ4v) is 2.57. The van der Waals surface area contributed by atoms with Gasteiger partial charge in [0.2, 0.25) is 0 Å². The van der Waals surface area contributed by atoms with E-state index in [-0.39, 0.29) is 0 Å². The van der Waals surface area contributed by atoms with Crippen LogP contribution in [0, 0.1) is 0 Å². The number of hydrogen-bond donors (Lipinski definition) is 0. The van der Waals surface area contributed by atoms with Crippen LogP contribution in [0.4, 0.5) is 5.82 Å². The van der Waals surface area contributed by atoms with E-state index >= 15 is 0 Å². The number of para-hydroxylation sites is 1.